The van der Waals surface area contributed by atoms with Gasteiger partial charge in [-0.05, 0) is 37.1 Å². The number of rotatable bonds is 7. The highest BCUT2D eigenvalue weighted by atomic mass is 32.2. The number of hydrogen-bond donors (Lipinski definition) is 1. The van der Waals surface area contributed by atoms with Crippen LogP contribution in [0.5, 0.6) is 11.5 Å². The average Bonchev–Trinajstić information content (AvgIpc) is 3.24. The summed E-state index contributed by atoms with van der Waals surface area (Å²) in [7, 11) is -0.754. The minimum absolute atomic E-state index is 0.0895. The predicted octanol–water partition coefficient (Wildman–Crippen LogP) is 3.14. The van der Waals surface area contributed by atoms with Gasteiger partial charge in [0.2, 0.25) is 10.0 Å². The summed E-state index contributed by atoms with van der Waals surface area (Å²) in [5, 5.41) is 14.5. The van der Waals surface area contributed by atoms with Gasteiger partial charge in [-0.1, -0.05) is 0 Å². The molecular weight excluding hydrogens is 386 g/mol. The Morgan fingerprint density at radius 1 is 1.04 bits per heavy atom. The van der Waals surface area contributed by atoms with Gasteiger partial charge < -0.3 is 14.8 Å². The summed E-state index contributed by atoms with van der Waals surface area (Å²) in [6.45, 7) is 0.859. The molecule has 10 heteroatoms. The molecule has 150 valence electrons. The van der Waals surface area contributed by atoms with Crippen LogP contribution in [0.15, 0.2) is 41.3 Å². The lowest BCUT2D eigenvalue weighted by Gasteiger charge is -2.16. The van der Waals surface area contributed by atoms with Gasteiger partial charge in [0.1, 0.15) is 17.2 Å². The second-order valence-electron chi connectivity index (χ2n) is 6.24. The Balaban J connectivity index is 1.98. The maximum Gasteiger partial charge on any atom is 0.294 e. The van der Waals surface area contributed by atoms with E-state index in [1.807, 2.05) is 0 Å². The van der Waals surface area contributed by atoms with Crippen molar-refractivity contribution < 1.29 is 22.8 Å². The monoisotopic (exact) mass is 407 g/mol. The molecule has 0 spiro atoms. The van der Waals surface area contributed by atoms with Crippen molar-refractivity contribution in [3.8, 4) is 11.5 Å². The highest BCUT2D eigenvalue weighted by Crippen LogP contribution is 2.36. The lowest BCUT2D eigenvalue weighted by atomic mass is 10.2. The first-order chi connectivity index (χ1) is 13.4. The van der Waals surface area contributed by atoms with E-state index in [-0.39, 0.29) is 16.3 Å². The van der Waals surface area contributed by atoms with Crippen LogP contribution in [0.3, 0.4) is 0 Å². The third-order valence-corrected chi connectivity index (χ3v) is 6.44. The fourth-order valence-corrected chi connectivity index (χ4v) is 4.59. The molecule has 0 saturated carbocycles. The number of anilines is 2. The van der Waals surface area contributed by atoms with E-state index in [1.165, 1.54) is 30.7 Å². The quantitative estimate of drug-likeness (QED) is 0.554. The largest absolute Gasteiger partial charge is 0.497 e. The summed E-state index contributed by atoms with van der Waals surface area (Å²) in [6, 6.07) is 8.84. The minimum Gasteiger partial charge on any atom is -0.497 e. The molecule has 0 aromatic heterocycles. The Morgan fingerprint density at radius 2 is 1.71 bits per heavy atom. The number of nitrogens with one attached hydrogen (secondary N) is 1. The molecule has 1 fully saturated rings. The first-order valence-electron chi connectivity index (χ1n) is 8.64. The Hall–Kier alpha value is -2.85. The lowest BCUT2D eigenvalue weighted by molar-refractivity contribution is -0.384. The number of nitrogens with zero attached hydrogens (tertiary/aromatic N) is 2. The molecule has 0 radical (unpaired) electrons. The summed E-state index contributed by atoms with van der Waals surface area (Å²) in [5.74, 6) is 1.01. The van der Waals surface area contributed by atoms with Crippen LogP contribution < -0.4 is 14.8 Å². The maximum absolute atomic E-state index is 12.7. The molecule has 2 aromatic rings. The zero-order chi connectivity index (χ0) is 20.3. The van der Waals surface area contributed by atoms with Crippen molar-refractivity contribution in [2.24, 2.45) is 0 Å². The number of benzene rings is 2. The average molecular weight is 407 g/mol. The van der Waals surface area contributed by atoms with Gasteiger partial charge in [-0.25, -0.2) is 8.42 Å². The molecular formula is C18H21N3O6S. The van der Waals surface area contributed by atoms with Gasteiger partial charge >= 0.3 is 0 Å². The molecule has 0 unspecified atom stereocenters. The third kappa shape index (κ3) is 3.87. The number of methoxy groups -OCH3 is 2. The van der Waals surface area contributed by atoms with E-state index in [2.05, 4.69) is 5.32 Å². The van der Waals surface area contributed by atoms with E-state index in [4.69, 9.17) is 9.47 Å². The number of hydrogen-bond acceptors (Lipinski definition) is 7. The minimum atomic E-state index is -3.75. The van der Waals surface area contributed by atoms with Crippen molar-refractivity contribution in [2.45, 2.75) is 17.7 Å². The first-order valence-corrected chi connectivity index (χ1v) is 10.1. The van der Waals surface area contributed by atoms with Crippen LogP contribution in [0.1, 0.15) is 12.8 Å². The smallest absolute Gasteiger partial charge is 0.294 e. The first kappa shape index (κ1) is 19.9. The zero-order valence-corrected chi connectivity index (χ0v) is 16.4. The summed E-state index contributed by atoms with van der Waals surface area (Å²) in [4.78, 5) is 10.9. The molecule has 2 aromatic carbocycles. The van der Waals surface area contributed by atoms with Crippen molar-refractivity contribution in [3.05, 3.63) is 46.5 Å². The molecule has 1 aliphatic rings. The van der Waals surface area contributed by atoms with E-state index < -0.39 is 14.9 Å². The fraction of sp³-hybridized carbons (Fsp3) is 0.333. The van der Waals surface area contributed by atoms with Crippen LogP contribution in [-0.4, -0.2) is 45.0 Å². The van der Waals surface area contributed by atoms with E-state index in [1.54, 1.807) is 18.2 Å². The van der Waals surface area contributed by atoms with E-state index in [0.29, 0.717) is 30.3 Å². The van der Waals surface area contributed by atoms with Gasteiger partial charge in [0.15, 0.2) is 0 Å². The molecule has 0 bridgehead atoms. The van der Waals surface area contributed by atoms with Crippen LogP contribution in [0.25, 0.3) is 0 Å². The molecule has 1 aliphatic heterocycles. The van der Waals surface area contributed by atoms with Gasteiger partial charge in [0.05, 0.1) is 29.7 Å². The molecule has 1 N–H and O–H groups in total. The van der Waals surface area contributed by atoms with Crippen LogP contribution in [0, 0.1) is 10.1 Å². The molecule has 0 amide bonds. The Bertz CT molecular complexity index is 987. The van der Waals surface area contributed by atoms with Gasteiger partial charge in [-0.3, -0.25) is 10.1 Å². The van der Waals surface area contributed by atoms with Crippen molar-refractivity contribution >= 4 is 27.1 Å². The highest BCUT2D eigenvalue weighted by molar-refractivity contribution is 7.89. The molecule has 1 saturated heterocycles. The lowest BCUT2D eigenvalue weighted by Crippen LogP contribution is -2.27. The van der Waals surface area contributed by atoms with E-state index in [9.17, 15) is 18.5 Å². The van der Waals surface area contributed by atoms with Gasteiger partial charge in [-0.2, -0.15) is 4.31 Å². The fourth-order valence-electron chi connectivity index (χ4n) is 3.05. The third-order valence-electron chi connectivity index (χ3n) is 4.55. The summed E-state index contributed by atoms with van der Waals surface area (Å²) >= 11 is 0. The molecule has 3 rings (SSSR count). The normalized spacial score (nSPS) is 14.6. The van der Waals surface area contributed by atoms with Crippen LogP contribution in [0.2, 0.25) is 0 Å². The molecule has 9 nitrogen and oxygen atoms in total. The topological polar surface area (TPSA) is 111 Å². The number of nitro benzene ring substituents is 1. The Kier molecular flexibility index (Phi) is 5.71. The van der Waals surface area contributed by atoms with E-state index in [0.717, 1.165) is 18.9 Å². The molecule has 0 aliphatic carbocycles. The summed E-state index contributed by atoms with van der Waals surface area (Å²) < 4.78 is 37.2. The number of ether oxygens (including phenoxy) is 2. The van der Waals surface area contributed by atoms with Crippen molar-refractivity contribution in [2.75, 3.05) is 32.6 Å². The highest BCUT2D eigenvalue weighted by Gasteiger charge is 2.29. The summed E-state index contributed by atoms with van der Waals surface area (Å²) in [6.07, 6.45) is 1.58. The zero-order valence-electron chi connectivity index (χ0n) is 15.5. The van der Waals surface area contributed by atoms with Crippen LogP contribution >= 0.6 is 0 Å². The Labute approximate surface area is 163 Å². The van der Waals surface area contributed by atoms with Gasteiger partial charge in [-0.15, -0.1) is 0 Å². The van der Waals surface area contributed by atoms with Crippen molar-refractivity contribution in [1.29, 1.82) is 0 Å². The second-order valence-corrected chi connectivity index (χ2v) is 8.18. The van der Waals surface area contributed by atoms with Crippen LogP contribution in [0.4, 0.5) is 17.1 Å². The standard InChI is InChI=1S/C18H21N3O6S/c1-26-13-5-7-16(18(11-13)27-2)19-15-8-6-14(12-17(15)21(22)23)28(24,25)20-9-3-4-10-20/h5-8,11-12,19H,3-4,9-10H2,1-2H3. The van der Waals surface area contributed by atoms with Crippen molar-refractivity contribution in [1.82, 2.24) is 4.31 Å². The van der Waals surface area contributed by atoms with Crippen LogP contribution in [-0.2, 0) is 10.0 Å². The van der Waals surface area contributed by atoms with E-state index >= 15 is 0 Å². The molecule has 0 atom stereocenters. The van der Waals surface area contributed by atoms with Gasteiger partial charge in [0, 0.05) is 25.2 Å². The molecule has 1 heterocycles. The second kappa shape index (κ2) is 8.03. The summed E-state index contributed by atoms with van der Waals surface area (Å²) in [5.41, 5.74) is 0.313. The number of sulfonamides is 1. The SMILES string of the molecule is COc1ccc(Nc2ccc(S(=O)(=O)N3CCCC3)cc2[N+](=O)[O-])c(OC)c1. The maximum atomic E-state index is 12.7. The predicted molar refractivity (Wildman–Crippen MR) is 104 cm³/mol. The van der Waals surface area contributed by atoms with Crippen molar-refractivity contribution in [3.63, 3.8) is 0 Å². The molecule has 28 heavy (non-hydrogen) atoms. The Morgan fingerprint density at radius 3 is 2.32 bits per heavy atom. The number of nitro groups is 1. The van der Waals surface area contributed by atoms with Gasteiger partial charge in [0.25, 0.3) is 5.69 Å².